The monoisotopic (exact) mass is 409 g/mol. The van der Waals surface area contributed by atoms with Gasteiger partial charge in [-0.05, 0) is 49.9 Å². The average Bonchev–Trinajstić information content (AvgIpc) is 3.24. The van der Waals surface area contributed by atoms with Crippen LogP contribution in [-0.2, 0) is 16.7 Å². The van der Waals surface area contributed by atoms with Crippen LogP contribution in [0, 0.1) is 6.92 Å². The van der Waals surface area contributed by atoms with Crippen molar-refractivity contribution in [3.63, 3.8) is 0 Å². The second-order valence-electron chi connectivity index (χ2n) is 8.00. The van der Waals surface area contributed by atoms with Crippen molar-refractivity contribution in [2.75, 3.05) is 33.1 Å². The number of aliphatic imine (C=N–C) groups is 1. The normalized spacial score (nSPS) is 17.6. The molecule has 1 fully saturated rings. The zero-order chi connectivity index (χ0) is 20.8. The number of ether oxygens (including phenoxy) is 3. The molecule has 0 unspecified atom stereocenters. The van der Waals surface area contributed by atoms with Crippen molar-refractivity contribution in [3.8, 4) is 11.5 Å². The molecule has 0 aromatic heterocycles. The summed E-state index contributed by atoms with van der Waals surface area (Å²) in [5.74, 6) is 2.49. The van der Waals surface area contributed by atoms with E-state index in [-0.39, 0.29) is 5.41 Å². The number of guanidine groups is 1. The highest BCUT2D eigenvalue weighted by molar-refractivity contribution is 5.79. The molecule has 0 spiro atoms. The molecule has 0 radical (unpaired) electrons. The van der Waals surface area contributed by atoms with Gasteiger partial charge in [0.1, 0.15) is 0 Å². The molecule has 0 amide bonds. The lowest BCUT2D eigenvalue weighted by atomic mass is 9.74. The quantitative estimate of drug-likeness (QED) is 0.565. The lowest BCUT2D eigenvalue weighted by Gasteiger charge is -2.38. The first-order valence-electron chi connectivity index (χ1n) is 10.7. The first-order chi connectivity index (χ1) is 14.7. The topological polar surface area (TPSA) is 64.1 Å². The summed E-state index contributed by atoms with van der Waals surface area (Å²) in [5, 5.41) is 6.97. The molecule has 2 aliphatic rings. The van der Waals surface area contributed by atoms with E-state index in [1.54, 1.807) is 0 Å². The van der Waals surface area contributed by atoms with Gasteiger partial charge in [-0.2, -0.15) is 0 Å². The lowest BCUT2D eigenvalue weighted by Crippen LogP contribution is -2.48. The van der Waals surface area contributed by atoms with Crippen molar-refractivity contribution in [2.45, 2.75) is 38.6 Å². The molecule has 0 bridgehead atoms. The predicted molar refractivity (Wildman–Crippen MR) is 118 cm³/mol. The van der Waals surface area contributed by atoms with Gasteiger partial charge in [0.2, 0.25) is 6.79 Å². The number of fused-ring (bicyclic) bond motifs is 1. The van der Waals surface area contributed by atoms with E-state index >= 15 is 0 Å². The molecule has 0 saturated carbocycles. The van der Waals surface area contributed by atoms with E-state index in [0.717, 1.165) is 56.6 Å². The maximum Gasteiger partial charge on any atom is 0.231 e. The molecule has 0 atom stereocenters. The van der Waals surface area contributed by atoms with Gasteiger partial charge in [0.05, 0.1) is 6.54 Å². The lowest BCUT2D eigenvalue weighted by molar-refractivity contribution is 0.0513. The van der Waals surface area contributed by atoms with Gasteiger partial charge in [-0.25, -0.2) is 4.99 Å². The number of hydrogen-bond donors (Lipinski definition) is 2. The maximum atomic E-state index is 5.68. The Morgan fingerprint density at radius 2 is 1.87 bits per heavy atom. The summed E-state index contributed by atoms with van der Waals surface area (Å²) in [7, 11) is 0. The van der Waals surface area contributed by atoms with Crippen molar-refractivity contribution in [1.29, 1.82) is 0 Å². The highest BCUT2D eigenvalue weighted by Gasteiger charge is 2.35. The average molecular weight is 410 g/mol. The van der Waals surface area contributed by atoms with Crippen LogP contribution in [0.4, 0.5) is 0 Å². The van der Waals surface area contributed by atoms with Crippen LogP contribution in [0.25, 0.3) is 0 Å². The Morgan fingerprint density at radius 1 is 1.03 bits per heavy atom. The number of rotatable bonds is 6. The van der Waals surface area contributed by atoms with Gasteiger partial charge in [0.25, 0.3) is 0 Å². The molecule has 0 aliphatic carbocycles. The molecule has 6 heteroatoms. The van der Waals surface area contributed by atoms with Crippen LogP contribution < -0.4 is 20.1 Å². The van der Waals surface area contributed by atoms with E-state index in [4.69, 9.17) is 19.2 Å². The fraction of sp³-hybridized carbons (Fsp3) is 0.458. The summed E-state index contributed by atoms with van der Waals surface area (Å²) in [5.41, 5.74) is 3.70. The highest BCUT2D eigenvalue weighted by Crippen LogP contribution is 2.40. The standard InChI is InChI=1S/C24H31N3O3/c1-3-25-23(26-15-19-6-4-5-18(2)13-19)27-16-24(9-11-28-12-10-24)20-7-8-21-22(14-20)30-17-29-21/h4-8,13-14H,3,9-12,15-17H2,1-2H3,(H2,25,26,27). The fourth-order valence-corrected chi connectivity index (χ4v) is 4.13. The summed E-state index contributed by atoms with van der Waals surface area (Å²) in [6, 6.07) is 14.8. The highest BCUT2D eigenvalue weighted by atomic mass is 16.7. The predicted octanol–water partition coefficient (Wildman–Crippen LogP) is 3.53. The Labute approximate surface area is 178 Å². The number of aryl methyl sites for hydroxylation is 1. The molecule has 2 N–H and O–H groups in total. The van der Waals surface area contributed by atoms with Gasteiger partial charge in [-0.1, -0.05) is 35.9 Å². The third-order valence-electron chi connectivity index (χ3n) is 5.88. The summed E-state index contributed by atoms with van der Waals surface area (Å²) in [6.07, 6.45) is 1.91. The second-order valence-corrected chi connectivity index (χ2v) is 8.00. The SMILES string of the molecule is CCNC(=NCc1cccc(C)c1)NCC1(c2ccc3c(c2)OCO3)CCOCC1. The number of nitrogens with one attached hydrogen (secondary N) is 2. The number of benzene rings is 2. The van der Waals surface area contributed by atoms with Crippen molar-refractivity contribution in [1.82, 2.24) is 10.6 Å². The fourth-order valence-electron chi connectivity index (χ4n) is 4.13. The van der Waals surface area contributed by atoms with Gasteiger partial charge < -0.3 is 24.8 Å². The Morgan fingerprint density at radius 3 is 2.67 bits per heavy atom. The molecule has 2 aromatic carbocycles. The van der Waals surface area contributed by atoms with Gasteiger partial charge in [-0.3, -0.25) is 0 Å². The van der Waals surface area contributed by atoms with E-state index in [1.807, 2.05) is 6.07 Å². The summed E-state index contributed by atoms with van der Waals surface area (Å²) >= 11 is 0. The van der Waals surface area contributed by atoms with E-state index in [2.05, 4.69) is 60.9 Å². The summed E-state index contributed by atoms with van der Waals surface area (Å²) in [4.78, 5) is 4.81. The third kappa shape index (κ3) is 4.70. The first-order valence-corrected chi connectivity index (χ1v) is 10.7. The van der Waals surface area contributed by atoms with Crippen LogP contribution >= 0.6 is 0 Å². The first kappa shape index (κ1) is 20.5. The molecule has 2 aromatic rings. The van der Waals surface area contributed by atoms with Crippen LogP contribution in [0.3, 0.4) is 0 Å². The second kappa shape index (κ2) is 9.39. The number of hydrogen-bond acceptors (Lipinski definition) is 4. The van der Waals surface area contributed by atoms with Gasteiger partial charge in [0.15, 0.2) is 17.5 Å². The van der Waals surface area contributed by atoms with Crippen molar-refractivity contribution in [3.05, 3.63) is 59.2 Å². The van der Waals surface area contributed by atoms with E-state index in [9.17, 15) is 0 Å². The molecular weight excluding hydrogens is 378 g/mol. The van der Waals surface area contributed by atoms with Gasteiger partial charge in [-0.15, -0.1) is 0 Å². The minimum Gasteiger partial charge on any atom is -0.454 e. The van der Waals surface area contributed by atoms with Crippen molar-refractivity contribution >= 4 is 5.96 Å². The van der Waals surface area contributed by atoms with E-state index in [1.165, 1.54) is 16.7 Å². The molecule has 160 valence electrons. The molecule has 1 saturated heterocycles. The zero-order valence-corrected chi connectivity index (χ0v) is 17.9. The number of nitrogens with zero attached hydrogens (tertiary/aromatic N) is 1. The third-order valence-corrected chi connectivity index (χ3v) is 5.88. The molecule has 6 nitrogen and oxygen atoms in total. The van der Waals surface area contributed by atoms with Crippen LogP contribution in [0.1, 0.15) is 36.5 Å². The summed E-state index contributed by atoms with van der Waals surface area (Å²) in [6.45, 7) is 8.26. The molecule has 4 rings (SSSR count). The maximum absolute atomic E-state index is 5.68. The van der Waals surface area contributed by atoms with Crippen LogP contribution in [-0.4, -0.2) is 39.1 Å². The van der Waals surface area contributed by atoms with Crippen molar-refractivity contribution in [2.24, 2.45) is 4.99 Å². The summed E-state index contributed by atoms with van der Waals surface area (Å²) < 4.78 is 16.8. The van der Waals surface area contributed by atoms with Gasteiger partial charge in [0, 0.05) is 31.7 Å². The van der Waals surface area contributed by atoms with Gasteiger partial charge >= 0.3 is 0 Å². The van der Waals surface area contributed by atoms with Crippen LogP contribution in [0.5, 0.6) is 11.5 Å². The minimum absolute atomic E-state index is 0.0290. The zero-order valence-electron chi connectivity index (χ0n) is 17.9. The minimum atomic E-state index is -0.0290. The van der Waals surface area contributed by atoms with E-state index < -0.39 is 0 Å². The Kier molecular flexibility index (Phi) is 6.43. The Hall–Kier alpha value is -2.73. The van der Waals surface area contributed by atoms with Crippen LogP contribution in [0.2, 0.25) is 0 Å². The molecular formula is C24H31N3O3. The van der Waals surface area contributed by atoms with Crippen LogP contribution in [0.15, 0.2) is 47.5 Å². The largest absolute Gasteiger partial charge is 0.454 e. The molecule has 30 heavy (non-hydrogen) atoms. The van der Waals surface area contributed by atoms with Crippen molar-refractivity contribution < 1.29 is 14.2 Å². The molecule has 2 heterocycles. The molecule has 2 aliphatic heterocycles. The van der Waals surface area contributed by atoms with E-state index in [0.29, 0.717) is 13.3 Å². The Bertz CT molecular complexity index is 891. The Balaban J connectivity index is 1.51. The smallest absolute Gasteiger partial charge is 0.231 e.